The Kier molecular flexibility index (Phi) is 4.77. The third-order valence-corrected chi connectivity index (χ3v) is 3.33. The SMILES string of the molecule is Cl.N[C@@H](c1cccs1)c1cc(F)ccc1[N+](=O)[O-]. The lowest BCUT2D eigenvalue weighted by atomic mass is 10.0. The van der Waals surface area contributed by atoms with Crippen LogP contribution in [0, 0.1) is 15.9 Å². The standard InChI is InChI=1S/C11H9FN2O2S.ClH/c12-7-3-4-9(14(15)16)8(6-7)11(13)10-2-1-5-17-10;/h1-6,11H,13H2;1H/t11-;/m1./s1. The Morgan fingerprint density at radius 2 is 2.11 bits per heavy atom. The van der Waals surface area contributed by atoms with Crippen LogP contribution in [0.2, 0.25) is 0 Å². The molecule has 2 rings (SSSR count). The van der Waals surface area contributed by atoms with Crippen LogP contribution in [0.5, 0.6) is 0 Å². The van der Waals surface area contributed by atoms with Crippen LogP contribution in [0.4, 0.5) is 10.1 Å². The van der Waals surface area contributed by atoms with E-state index in [1.165, 1.54) is 11.3 Å². The molecule has 1 aromatic carbocycles. The summed E-state index contributed by atoms with van der Waals surface area (Å²) in [4.78, 5) is 11.0. The average molecular weight is 289 g/mol. The summed E-state index contributed by atoms with van der Waals surface area (Å²) in [5.41, 5.74) is 5.94. The van der Waals surface area contributed by atoms with E-state index in [2.05, 4.69) is 0 Å². The Morgan fingerprint density at radius 1 is 1.39 bits per heavy atom. The van der Waals surface area contributed by atoms with Crippen molar-refractivity contribution >= 4 is 29.4 Å². The summed E-state index contributed by atoms with van der Waals surface area (Å²) in [6.45, 7) is 0. The average Bonchev–Trinajstić information content (AvgIpc) is 2.80. The fourth-order valence-corrected chi connectivity index (χ4v) is 2.31. The van der Waals surface area contributed by atoms with Crippen LogP contribution in [0.25, 0.3) is 0 Å². The van der Waals surface area contributed by atoms with Gasteiger partial charge in [0.1, 0.15) is 5.82 Å². The Bertz CT molecular complexity index is 548. The fraction of sp³-hybridized carbons (Fsp3) is 0.0909. The molecule has 4 nitrogen and oxygen atoms in total. The first-order chi connectivity index (χ1) is 8.09. The van der Waals surface area contributed by atoms with Crippen LogP contribution in [0.1, 0.15) is 16.5 Å². The lowest BCUT2D eigenvalue weighted by Gasteiger charge is -2.10. The number of halogens is 2. The molecule has 0 saturated carbocycles. The molecule has 2 N–H and O–H groups in total. The first kappa shape index (κ1) is 14.6. The van der Waals surface area contributed by atoms with Crippen LogP contribution in [-0.4, -0.2) is 4.92 Å². The smallest absolute Gasteiger partial charge is 0.274 e. The molecular weight excluding hydrogens is 279 g/mol. The minimum atomic E-state index is -0.675. The van der Waals surface area contributed by atoms with Gasteiger partial charge in [0.25, 0.3) is 5.69 Å². The van der Waals surface area contributed by atoms with Gasteiger partial charge in [-0.05, 0) is 23.6 Å². The number of nitro benzene ring substituents is 1. The number of hydrogen-bond acceptors (Lipinski definition) is 4. The highest BCUT2D eigenvalue weighted by atomic mass is 35.5. The van der Waals surface area contributed by atoms with E-state index >= 15 is 0 Å². The van der Waals surface area contributed by atoms with Crippen LogP contribution >= 0.6 is 23.7 Å². The molecule has 2 aromatic rings. The van der Waals surface area contributed by atoms with Crippen molar-refractivity contribution in [2.45, 2.75) is 6.04 Å². The highest BCUT2D eigenvalue weighted by Crippen LogP contribution is 2.30. The predicted molar refractivity (Wildman–Crippen MR) is 70.7 cm³/mol. The summed E-state index contributed by atoms with van der Waals surface area (Å²) in [5, 5.41) is 12.7. The van der Waals surface area contributed by atoms with Crippen molar-refractivity contribution < 1.29 is 9.31 Å². The summed E-state index contributed by atoms with van der Waals surface area (Å²) < 4.78 is 13.1. The molecule has 0 aliphatic rings. The summed E-state index contributed by atoms with van der Waals surface area (Å²) >= 11 is 1.38. The molecule has 0 saturated heterocycles. The molecule has 0 bridgehead atoms. The molecule has 0 aliphatic carbocycles. The van der Waals surface area contributed by atoms with Gasteiger partial charge < -0.3 is 5.73 Å². The molecule has 7 heteroatoms. The summed E-state index contributed by atoms with van der Waals surface area (Å²) in [6.07, 6.45) is 0. The second kappa shape index (κ2) is 5.90. The van der Waals surface area contributed by atoms with Crippen LogP contribution < -0.4 is 5.73 Å². The number of nitro groups is 1. The van der Waals surface area contributed by atoms with Crippen molar-refractivity contribution in [3.05, 3.63) is 62.1 Å². The quantitative estimate of drug-likeness (QED) is 0.696. The predicted octanol–water partition coefficient (Wildman–Crippen LogP) is 3.27. The highest BCUT2D eigenvalue weighted by molar-refractivity contribution is 7.10. The largest absolute Gasteiger partial charge is 0.319 e. The Balaban J connectivity index is 0.00000162. The van der Waals surface area contributed by atoms with Gasteiger partial charge in [-0.25, -0.2) is 4.39 Å². The number of hydrogen-bond donors (Lipinski definition) is 1. The lowest BCUT2D eigenvalue weighted by molar-refractivity contribution is -0.385. The third-order valence-electron chi connectivity index (χ3n) is 2.37. The molecule has 0 fully saturated rings. The van der Waals surface area contributed by atoms with E-state index in [-0.39, 0.29) is 23.7 Å². The van der Waals surface area contributed by atoms with Crippen molar-refractivity contribution in [1.82, 2.24) is 0 Å². The number of nitrogens with zero attached hydrogens (tertiary/aromatic N) is 1. The van der Waals surface area contributed by atoms with Gasteiger partial charge >= 0.3 is 0 Å². The Hall–Kier alpha value is -1.50. The zero-order valence-corrected chi connectivity index (χ0v) is 10.7. The van der Waals surface area contributed by atoms with E-state index in [1.54, 1.807) is 12.1 Å². The van der Waals surface area contributed by atoms with Crippen molar-refractivity contribution in [3.63, 3.8) is 0 Å². The van der Waals surface area contributed by atoms with Crippen LogP contribution in [-0.2, 0) is 0 Å². The van der Waals surface area contributed by atoms with Crippen molar-refractivity contribution in [1.29, 1.82) is 0 Å². The molecule has 1 heterocycles. The van der Waals surface area contributed by atoms with Gasteiger partial charge in [0.15, 0.2) is 0 Å². The Morgan fingerprint density at radius 3 is 2.67 bits per heavy atom. The minimum absolute atomic E-state index is 0. The topological polar surface area (TPSA) is 69.2 Å². The second-order valence-electron chi connectivity index (χ2n) is 3.45. The highest BCUT2D eigenvalue weighted by Gasteiger charge is 2.21. The van der Waals surface area contributed by atoms with Gasteiger partial charge in [-0.3, -0.25) is 10.1 Å². The molecule has 18 heavy (non-hydrogen) atoms. The van der Waals surface area contributed by atoms with E-state index in [0.717, 1.165) is 23.1 Å². The monoisotopic (exact) mass is 288 g/mol. The number of rotatable bonds is 3. The van der Waals surface area contributed by atoms with Crippen molar-refractivity contribution in [3.8, 4) is 0 Å². The molecule has 0 aliphatic heterocycles. The lowest BCUT2D eigenvalue weighted by Crippen LogP contribution is -2.12. The van der Waals surface area contributed by atoms with Gasteiger partial charge in [0, 0.05) is 10.9 Å². The van der Waals surface area contributed by atoms with Gasteiger partial charge in [-0.2, -0.15) is 0 Å². The third kappa shape index (κ3) is 2.84. The first-order valence-corrected chi connectivity index (χ1v) is 5.70. The molecule has 0 amide bonds. The van der Waals surface area contributed by atoms with E-state index in [4.69, 9.17) is 5.73 Å². The van der Waals surface area contributed by atoms with E-state index in [9.17, 15) is 14.5 Å². The first-order valence-electron chi connectivity index (χ1n) is 4.82. The normalized spacial score (nSPS) is 11.7. The van der Waals surface area contributed by atoms with Gasteiger partial charge in [0.2, 0.25) is 0 Å². The Labute approximate surface area is 113 Å². The molecule has 0 unspecified atom stereocenters. The summed E-state index contributed by atoms with van der Waals surface area (Å²) in [7, 11) is 0. The van der Waals surface area contributed by atoms with Crippen molar-refractivity contribution in [2.24, 2.45) is 5.73 Å². The van der Waals surface area contributed by atoms with Crippen LogP contribution in [0.3, 0.4) is 0 Å². The van der Waals surface area contributed by atoms with E-state index in [0.29, 0.717) is 0 Å². The van der Waals surface area contributed by atoms with Crippen molar-refractivity contribution in [2.75, 3.05) is 0 Å². The molecular formula is C11H10ClFN2O2S. The molecule has 0 spiro atoms. The zero-order valence-electron chi connectivity index (χ0n) is 9.08. The molecule has 1 atom stereocenters. The zero-order chi connectivity index (χ0) is 12.4. The maximum Gasteiger partial charge on any atom is 0.274 e. The number of thiophene rings is 1. The minimum Gasteiger partial charge on any atom is -0.319 e. The van der Waals surface area contributed by atoms with Gasteiger partial charge in [0.05, 0.1) is 16.5 Å². The number of benzene rings is 1. The van der Waals surface area contributed by atoms with Gasteiger partial charge in [-0.15, -0.1) is 23.7 Å². The maximum atomic E-state index is 13.1. The summed E-state index contributed by atoms with van der Waals surface area (Å²) in [5.74, 6) is -0.530. The maximum absolute atomic E-state index is 13.1. The summed E-state index contributed by atoms with van der Waals surface area (Å²) in [6, 6.07) is 6.20. The second-order valence-corrected chi connectivity index (χ2v) is 4.43. The fourth-order valence-electron chi connectivity index (χ4n) is 1.56. The molecule has 96 valence electrons. The molecule has 1 aromatic heterocycles. The van der Waals surface area contributed by atoms with E-state index in [1.807, 2.05) is 5.38 Å². The van der Waals surface area contributed by atoms with Gasteiger partial charge in [-0.1, -0.05) is 6.07 Å². The molecule has 0 radical (unpaired) electrons. The van der Waals surface area contributed by atoms with Crippen LogP contribution in [0.15, 0.2) is 35.7 Å². The number of nitrogens with two attached hydrogens (primary N) is 1. The van der Waals surface area contributed by atoms with E-state index < -0.39 is 16.8 Å².